The lowest BCUT2D eigenvalue weighted by molar-refractivity contribution is 0.490. The van der Waals surface area contributed by atoms with Gasteiger partial charge in [-0.1, -0.05) is 0 Å². The molecule has 6 nitrogen and oxygen atoms in total. The maximum absolute atomic E-state index is 5.74. The van der Waals surface area contributed by atoms with E-state index in [-0.39, 0.29) is 18.1 Å². The van der Waals surface area contributed by atoms with E-state index in [1.807, 2.05) is 0 Å². The molecule has 79 valence electrons. The first-order chi connectivity index (χ1) is 6.08. The van der Waals surface area contributed by atoms with Crippen LogP contribution in [-0.4, -0.2) is 37.8 Å². The molecule has 0 fully saturated rings. The molecule has 1 radical (unpaired) electrons. The average Bonchev–Trinajstić information content (AvgIpc) is 2.16. The zero-order chi connectivity index (χ0) is 10.4. The van der Waals surface area contributed by atoms with E-state index in [9.17, 15) is 0 Å². The predicted molar refractivity (Wildman–Crippen MR) is 54.3 cm³/mol. The highest BCUT2D eigenvalue weighted by Gasteiger charge is 2.28. The minimum absolute atomic E-state index is 0.302. The molecule has 3 unspecified atom stereocenters. The Kier molecular flexibility index (Phi) is 6.13. The Bertz CT molecular complexity index is 106. The van der Waals surface area contributed by atoms with E-state index in [0.29, 0.717) is 19.6 Å². The summed E-state index contributed by atoms with van der Waals surface area (Å²) < 4.78 is 0. The molecule has 12 N–H and O–H groups in total. The highest BCUT2D eigenvalue weighted by Crippen LogP contribution is 2.11. The summed E-state index contributed by atoms with van der Waals surface area (Å²) in [6.45, 7) is 0.907. The van der Waals surface area contributed by atoms with Crippen LogP contribution in [0, 0.1) is 5.92 Å². The van der Waals surface area contributed by atoms with Gasteiger partial charge in [-0.3, -0.25) is 0 Å². The van der Waals surface area contributed by atoms with E-state index in [0.717, 1.165) is 5.92 Å². The van der Waals surface area contributed by atoms with Crippen molar-refractivity contribution in [1.29, 1.82) is 0 Å². The summed E-state index contributed by atoms with van der Waals surface area (Å²) in [6.07, 6.45) is 0. The normalized spacial score (nSPS) is 18.7. The largest absolute Gasteiger partial charge is 0.329 e. The first-order valence-electron chi connectivity index (χ1n) is 4.32. The summed E-state index contributed by atoms with van der Waals surface area (Å²) >= 11 is 0. The second-order valence-corrected chi connectivity index (χ2v) is 3.03. The van der Waals surface area contributed by atoms with Crippen LogP contribution in [0.4, 0.5) is 0 Å². The third-order valence-corrected chi connectivity index (χ3v) is 2.05. The lowest BCUT2D eigenvalue weighted by Crippen LogP contribution is -2.57. The van der Waals surface area contributed by atoms with Gasteiger partial charge in [0.1, 0.15) is 0 Å². The maximum atomic E-state index is 5.74. The third kappa shape index (κ3) is 3.55. The molecule has 0 aromatic rings. The summed E-state index contributed by atoms with van der Waals surface area (Å²) in [7, 11) is 0. The highest BCUT2D eigenvalue weighted by molar-refractivity contribution is 5.15. The highest BCUT2D eigenvalue weighted by atomic mass is 14.9. The van der Waals surface area contributed by atoms with Crippen LogP contribution < -0.4 is 34.4 Å². The standard InChI is InChI=1S/C7H21N6/c8-1-4(11)7(5(12)2-9)6(13)3-10/h4-6H,1-3,8-13H2. The van der Waals surface area contributed by atoms with Crippen LogP contribution in [0.1, 0.15) is 0 Å². The van der Waals surface area contributed by atoms with Crippen molar-refractivity contribution >= 4 is 0 Å². The Balaban J connectivity index is 4.34. The molecule has 0 spiro atoms. The van der Waals surface area contributed by atoms with Crippen LogP contribution in [0.5, 0.6) is 0 Å². The molecule has 0 heterocycles. The van der Waals surface area contributed by atoms with E-state index < -0.39 is 0 Å². The van der Waals surface area contributed by atoms with Gasteiger partial charge in [0.05, 0.1) is 0 Å². The Morgan fingerprint density at radius 3 is 1.08 bits per heavy atom. The Hall–Kier alpha value is -0.240. The molecule has 3 atom stereocenters. The minimum Gasteiger partial charge on any atom is -0.329 e. The van der Waals surface area contributed by atoms with Crippen LogP contribution in [-0.2, 0) is 0 Å². The fourth-order valence-electron chi connectivity index (χ4n) is 1.23. The van der Waals surface area contributed by atoms with Gasteiger partial charge in [0, 0.05) is 43.7 Å². The lowest BCUT2D eigenvalue weighted by Gasteiger charge is -2.31. The van der Waals surface area contributed by atoms with Gasteiger partial charge >= 0.3 is 0 Å². The van der Waals surface area contributed by atoms with E-state index in [2.05, 4.69) is 0 Å². The van der Waals surface area contributed by atoms with E-state index >= 15 is 0 Å². The van der Waals surface area contributed by atoms with Crippen molar-refractivity contribution in [3.05, 3.63) is 5.92 Å². The molecule has 0 saturated heterocycles. The summed E-state index contributed by atoms with van der Waals surface area (Å²) in [4.78, 5) is 0. The van der Waals surface area contributed by atoms with Crippen molar-refractivity contribution in [1.82, 2.24) is 0 Å². The average molecular weight is 189 g/mol. The fourth-order valence-corrected chi connectivity index (χ4v) is 1.23. The first-order valence-corrected chi connectivity index (χ1v) is 4.32. The van der Waals surface area contributed by atoms with Crippen molar-refractivity contribution in [2.45, 2.75) is 18.1 Å². The molecule has 0 aliphatic carbocycles. The van der Waals surface area contributed by atoms with Crippen LogP contribution in [0.3, 0.4) is 0 Å². The molecule has 0 aromatic heterocycles. The molecule has 0 bridgehead atoms. The Morgan fingerprint density at radius 1 is 0.692 bits per heavy atom. The van der Waals surface area contributed by atoms with Gasteiger partial charge < -0.3 is 34.4 Å². The fraction of sp³-hybridized carbons (Fsp3) is 0.857. The second kappa shape index (κ2) is 6.25. The van der Waals surface area contributed by atoms with Crippen LogP contribution in [0.25, 0.3) is 0 Å². The molecule has 0 saturated carbocycles. The van der Waals surface area contributed by atoms with E-state index in [1.165, 1.54) is 0 Å². The molecular formula is C7H21N6. The van der Waals surface area contributed by atoms with Gasteiger partial charge in [-0.05, 0) is 0 Å². The summed E-state index contributed by atoms with van der Waals surface area (Å²) in [6, 6.07) is -0.966. The number of hydrogen-bond donors (Lipinski definition) is 6. The van der Waals surface area contributed by atoms with Crippen molar-refractivity contribution in [3.63, 3.8) is 0 Å². The van der Waals surface area contributed by atoms with Gasteiger partial charge in [-0.2, -0.15) is 0 Å². The number of rotatable bonds is 6. The quantitative estimate of drug-likeness (QED) is 0.254. The monoisotopic (exact) mass is 189 g/mol. The third-order valence-electron chi connectivity index (χ3n) is 2.05. The topological polar surface area (TPSA) is 156 Å². The van der Waals surface area contributed by atoms with Crippen molar-refractivity contribution in [2.24, 2.45) is 34.4 Å². The zero-order valence-electron chi connectivity index (χ0n) is 7.82. The van der Waals surface area contributed by atoms with Gasteiger partial charge in [0.15, 0.2) is 0 Å². The lowest BCUT2D eigenvalue weighted by atomic mass is 9.86. The second-order valence-electron chi connectivity index (χ2n) is 3.03. The Morgan fingerprint density at radius 2 is 0.923 bits per heavy atom. The summed E-state index contributed by atoms with van der Waals surface area (Å²) in [5.41, 5.74) is 33.5. The van der Waals surface area contributed by atoms with Crippen molar-refractivity contribution in [3.8, 4) is 0 Å². The molecule has 0 amide bonds. The molecular weight excluding hydrogens is 168 g/mol. The summed E-state index contributed by atoms with van der Waals surface area (Å²) in [5.74, 6) is 0.757. The van der Waals surface area contributed by atoms with E-state index in [4.69, 9.17) is 34.4 Å². The molecule has 0 aromatic carbocycles. The van der Waals surface area contributed by atoms with Gasteiger partial charge in [-0.15, -0.1) is 0 Å². The van der Waals surface area contributed by atoms with Gasteiger partial charge in [0.25, 0.3) is 0 Å². The molecule has 13 heavy (non-hydrogen) atoms. The Labute approximate surface area is 79.0 Å². The van der Waals surface area contributed by atoms with Crippen LogP contribution in [0.2, 0.25) is 0 Å². The summed E-state index contributed by atoms with van der Waals surface area (Å²) in [5, 5.41) is 0. The van der Waals surface area contributed by atoms with Crippen molar-refractivity contribution < 1.29 is 0 Å². The van der Waals surface area contributed by atoms with Crippen molar-refractivity contribution in [2.75, 3.05) is 19.6 Å². The van der Waals surface area contributed by atoms with Crippen LogP contribution in [0.15, 0.2) is 0 Å². The SMILES string of the molecule is NCC(N)[C](C(N)CN)C(N)CN. The van der Waals surface area contributed by atoms with Crippen LogP contribution >= 0.6 is 0 Å². The van der Waals surface area contributed by atoms with Gasteiger partial charge in [0.2, 0.25) is 0 Å². The van der Waals surface area contributed by atoms with Gasteiger partial charge in [-0.25, -0.2) is 0 Å². The zero-order valence-corrected chi connectivity index (χ0v) is 7.82. The molecule has 0 aliphatic rings. The molecule has 0 rings (SSSR count). The molecule has 0 aliphatic heterocycles. The molecule has 6 heteroatoms. The maximum Gasteiger partial charge on any atom is 0.0296 e. The number of hydrogen-bond acceptors (Lipinski definition) is 6. The predicted octanol–water partition coefficient (Wildman–Crippen LogP) is -3.58. The smallest absolute Gasteiger partial charge is 0.0296 e. The van der Waals surface area contributed by atoms with E-state index in [1.54, 1.807) is 0 Å². The minimum atomic E-state index is -0.322. The number of nitrogens with two attached hydrogens (primary N) is 6. The first kappa shape index (κ1) is 12.8.